The summed E-state index contributed by atoms with van der Waals surface area (Å²) in [6, 6.07) is 15.9. The highest BCUT2D eigenvalue weighted by Gasteiger charge is 2.36. The molecule has 0 bridgehead atoms. The molecule has 4 rings (SSSR count). The molecule has 1 fully saturated rings. The fourth-order valence-electron chi connectivity index (χ4n) is 4.35. The zero-order chi connectivity index (χ0) is 24.1. The molecule has 3 N–H and O–H groups in total. The van der Waals surface area contributed by atoms with Crippen molar-refractivity contribution < 1.29 is 19.1 Å². The molecule has 0 spiro atoms. The molecule has 34 heavy (non-hydrogen) atoms. The molecule has 2 aliphatic rings. The second-order valence-electron chi connectivity index (χ2n) is 8.47. The van der Waals surface area contributed by atoms with E-state index in [2.05, 4.69) is 10.4 Å². The van der Waals surface area contributed by atoms with Gasteiger partial charge in [-0.3, -0.25) is 19.4 Å². The normalized spacial score (nSPS) is 18.4. The standard InChI is InChI=1S/C25H29N5O4/c1-34-22-10-6-5-7-17(22)15-23(31)29-13-11-18(12-14-29)27-25(33)20-16-21(24(26)32)30(28-20)19-8-3-2-4-9-19/h2-10,18,21H,11-16H2,1H3,(H2,26,32)(H,27,33). The Kier molecular flexibility index (Phi) is 7.10. The first-order valence-electron chi connectivity index (χ1n) is 11.4. The molecule has 2 aromatic rings. The minimum atomic E-state index is -0.697. The number of likely N-dealkylation sites (tertiary alicyclic amines) is 1. The molecule has 9 heteroatoms. The highest BCUT2D eigenvalue weighted by Crippen LogP contribution is 2.25. The van der Waals surface area contributed by atoms with E-state index in [9.17, 15) is 14.4 Å². The topological polar surface area (TPSA) is 117 Å². The van der Waals surface area contributed by atoms with Gasteiger partial charge in [0.1, 0.15) is 17.5 Å². The van der Waals surface area contributed by atoms with Crippen LogP contribution < -0.4 is 20.8 Å². The molecule has 178 valence electrons. The number of nitrogens with zero attached hydrogens (tertiary/aromatic N) is 3. The van der Waals surface area contributed by atoms with E-state index in [0.29, 0.717) is 37.4 Å². The third-order valence-electron chi connectivity index (χ3n) is 6.24. The van der Waals surface area contributed by atoms with E-state index in [4.69, 9.17) is 10.5 Å². The Morgan fingerprint density at radius 1 is 1.06 bits per heavy atom. The van der Waals surface area contributed by atoms with Gasteiger partial charge in [0.15, 0.2) is 0 Å². The number of methoxy groups -OCH3 is 1. The molecule has 3 amide bonds. The number of piperidine rings is 1. The molecule has 9 nitrogen and oxygen atoms in total. The van der Waals surface area contributed by atoms with Crippen LogP contribution in [0.1, 0.15) is 24.8 Å². The molecule has 2 aromatic carbocycles. The molecule has 0 saturated carbocycles. The predicted octanol–water partition coefficient (Wildman–Crippen LogP) is 1.47. The van der Waals surface area contributed by atoms with Gasteiger partial charge in [0.25, 0.3) is 5.91 Å². The lowest BCUT2D eigenvalue weighted by atomic mass is 10.0. The Morgan fingerprint density at radius 3 is 2.41 bits per heavy atom. The van der Waals surface area contributed by atoms with E-state index < -0.39 is 11.9 Å². The second kappa shape index (κ2) is 10.4. The van der Waals surface area contributed by atoms with Crippen molar-refractivity contribution >= 4 is 29.1 Å². The summed E-state index contributed by atoms with van der Waals surface area (Å²) in [5.74, 6) is -0.0906. The number of hydrogen-bond acceptors (Lipinski definition) is 6. The number of ether oxygens (including phenoxy) is 1. The number of hydrazone groups is 1. The van der Waals surface area contributed by atoms with Gasteiger partial charge in [0, 0.05) is 31.1 Å². The third-order valence-corrected chi connectivity index (χ3v) is 6.24. The Hall–Kier alpha value is -3.88. The maximum atomic E-state index is 12.9. The number of primary amides is 1. The van der Waals surface area contributed by atoms with Crippen LogP contribution in [0.3, 0.4) is 0 Å². The highest BCUT2D eigenvalue weighted by molar-refractivity contribution is 6.40. The summed E-state index contributed by atoms with van der Waals surface area (Å²) >= 11 is 0. The zero-order valence-corrected chi connectivity index (χ0v) is 19.1. The number of amides is 3. The van der Waals surface area contributed by atoms with Crippen LogP contribution in [0, 0.1) is 0 Å². The average molecular weight is 464 g/mol. The van der Waals surface area contributed by atoms with E-state index in [0.717, 1.165) is 5.56 Å². The molecule has 1 unspecified atom stereocenters. The van der Waals surface area contributed by atoms with Crippen molar-refractivity contribution in [3.05, 3.63) is 60.2 Å². The van der Waals surface area contributed by atoms with Gasteiger partial charge in [-0.15, -0.1) is 0 Å². The summed E-state index contributed by atoms with van der Waals surface area (Å²) in [6.45, 7) is 1.12. The minimum absolute atomic E-state index is 0.0391. The molecular formula is C25H29N5O4. The number of benzene rings is 2. The lowest BCUT2D eigenvalue weighted by molar-refractivity contribution is -0.131. The van der Waals surface area contributed by atoms with Crippen molar-refractivity contribution in [2.24, 2.45) is 10.8 Å². The SMILES string of the molecule is COc1ccccc1CC(=O)N1CCC(NC(=O)C2=NN(c3ccccc3)C(C(N)=O)C2)CC1. The van der Waals surface area contributed by atoms with E-state index in [-0.39, 0.29) is 36.4 Å². The smallest absolute Gasteiger partial charge is 0.267 e. The van der Waals surface area contributed by atoms with Crippen LogP contribution in [-0.4, -0.2) is 60.6 Å². The van der Waals surface area contributed by atoms with Crippen molar-refractivity contribution in [2.75, 3.05) is 25.2 Å². The number of carbonyl (C=O) groups is 3. The minimum Gasteiger partial charge on any atom is -0.496 e. The fourth-order valence-corrected chi connectivity index (χ4v) is 4.35. The maximum Gasteiger partial charge on any atom is 0.267 e. The van der Waals surface area contributed by atoms with Crippen LogP contribution >= 0.6 is 0 Å². The summed E-state index contributed by atoms with van der Waals surface area (Å²) in [7, 11) is 1.59. The quantitative estimate of drug-likeness (QED) is 0.645. The number of carbonyl (C=O) groups excluding carboxylic acids is 3. The first-order chi connectivity index (χ1) is 16.5. The van der Waals surface area contributed by atoms with Gasteiger partial charge in [0.05, 0.1) is 19.2 Å². The van der Waals surface area contributed by atoms with Gasteiger partial charge < -0.3 is 20.7 Å². The predicted molar refractivity (Wildman–Crippen MR) is 128 cm³/mol. The number of para-hydroxylation sites is 2. The van der Waals surface area contributed by atoms with Crippen molar-refractivity contribution in [3.8, 4) is 5.75 Å². The third kappa shape index (κ3) is 5.19. The molecule has 0 aliphatic carbocycles. The van der Waals surface area contributed by atoms with E-state index in [1.165, 1.54) is 5.01 Å². The van der Waals surface area contributed by atoms with Gasteiger partial charge in [-0.2, -0.15) is 5.10 Å². The molecule has 2 aliphatic heterocycles. The first-order valence-corrected chi connectivity index (χ1v) is 11.4. The number of nitrogens with one attached hydrogen (secondary N) is 1. The van der Waals surface area contributed by atoms with Crippen LogP contribution in [0.25, 0.3) is 0 Å². The fraction of sp³-hybridized carbons (Fsp3) is 0.360. The Balaban J connectivity index is 1.32. The summed E-state index contributed by atoms with van der Waals surface area (Å²) in [5.41, 5.74) is 7.40. The van der Waals surface area contributed by atoms with Crippen molar-refractivity contribution in [2.45, 2.75) is 37.8 Å². The van der Waals surface area contributed by atoms with Crippen LogP contribution in [0.15, 0.2) is 59.7 Å². The Bertz CT molecular complexity index is 1080. The molecule has 2 heterocycles. The van der Waals surface area contributed by atoms with Gasteiger partial charge in [0.2, 0.25) is 11.8 Å². The summed E-state index contributed by atoms with van der Waals surface area (Å²) in [4.78, 5) is 39.4. The van der Waals surface area contributed by atoms with Crippen LogP contribution in [0.5, 0.6) is 5.75 Å². The summed E-state index contributed by atoms with van der Waals surface area (Å²) < 4.78 is 5.34. The average Bonchev–Trinajstić information content (AvgIpc) is 3.32. The van der Waals surface area contributed by atoms with Gasteiger partial charge in [-0.05, 0) is 31.0 Å². The van der Waals surface area contributed by atoms with Gasteiger partial charge in [-0.1, -0.05) is 36.4 Å². The van der Waals surface area contributed by atoms with Gasteiger partial charge >= 0.3 is 0 Å². The monoisotopic (exact) mass is 463 g/mol. The summed E-state index contributed by atoms with van der Waals surface area (Å²) in [6.07, 6.45) is 1.74. The second-order valence-corrected chi connectivity index (χ2v) is 8.47. The largest absolute Gasteiger partial charge is 0.496 e. The van der Waals surface area contributed by atoms with Crippen LogP contribution in [0.4, 0.5) is 5.69 Å². The first kappa shape index (κ1) is 23.3. The van der Waals surface area contributed by atoms with Crippen LogP contribution in [0.2, 0.25) is 0 Å². The Morgan fingerprint density at radius 2 is 1.74 bits per heavy atom. The molecule has 1 saturated heterocycles. The van der Waals surface area contributed by atoms with Crippen molar-refractivity contribution in [1.82, 2.24) is 10.2 Å². The molecule has 0 aromatic heterocycles. The zero-order valence-electron chi connectivity index (χ0n) is 19.1. The Labute approximate surface area is 198 Å². The lowest BCUT2D eigenvalue weighted by Gasteiger charge is -2.32. The summed E-state index contributed by atoms with van der Waals surface area (Å²) in [5, 5.41) is 8.92. The highest BCUT2D eigenvalue weighted by atomic mass is 16.5. The van der Waals surface area contributed by atoms with Gasteiger partial charge in [-0.25, -0.2) is 0 Å². The van der Waals surface area contributed by atoms with Crippen molar-refractivity contribution in [3.63, 3.8) is 0 Å². The van der Waals surface area contributed by atoms with Crippen molar-refractivity contribution in [1.29, 1.82) is 0 Å². The van der Waals surface area contributed by atoms with E-state index in [1.807, 2.05) is 59.5 Å². The maximum absolute atomic E-state index is 12.9. The van der Waals surface area contributed by atoms with Crippen LogP contribution in [-0.2, 0) is 20.8 Å². The van der Waals surface area contributed by atoms with E-state index in [1.54, 1.807) is 7.11 Å². The molecule has 0 radical (unpaired) electrons. The number of nitrogens with two attached hydrogens (primary N) is 1. The molecule has 1 atom stereocenters. The molecular weight excluding hydrogens is 434 g/mol. The lowest BCUT2D eigenvalue weighted by Crippen LogP contribution is -2.48. The number of anilines is 1. The van der Waals surface area contributed by atoms with E-state index >= 15 is 0 Å². The number of hydrogen-bond donors (Lipinski definition) is 2. The number of rotatable bonds is 7.